The SMILES string of the molecule is C=NCCCc1ncccc1C(=O)N1CCC[C@H]1COc1cccc(O)c1C=O. The second-order valence-corrected chi connectivity index (χ2v) is 6.96. The highest BCUT2D eigenvalue weighted by Gasteiger charge is 2.31. The summed E-state index contributed by atoms with van der Waals surface area (Å²) < 4.78 is 5.80. The first-order valence-corrected chi connectivity index (χ1v) is 9.73. The molecular weight excluding hydrogens is 370 g/mol. The number of likely N-dealkylation sites (tertiary alicyclic amines) is 1. The van der Waals surface area contributed by atoms with Crippen molar-refractivity contribution in [2.75, 3.05) is 19.7 Å². The molecule has 1 amide bonds. The molecule has 0 radical (unpaired) electrons. The number of aliphatic imine (C=N–C) groups is 1. The number of hydrogen-bond acceptors (Lipinski definition) is 6. The number of amides is 1. The number of phenolic OH excluding ortho intramolecular Hbond substituents is 1. The fourth-order valence-electron chi connectivity index (χ4n) is 3.58. The summed E-state index contributed by atoms with van der Waals surface area (Å²) in [7, 11) is 0. The average molecular weight is 395 g/mol. The first-order valence-electron chi connectivity index (χ1n) is 9.73. The van der Waals surface area contributed by atoms with Crippen LogP contribution in [0.2, 0.25) is 0 Å². The summed E-state index contributed by atoms with van der Waals surface area (Å²) in [6, 6.07) is 8.17. The minimum Gasteiger partial charge on any atom is -0.507 e. The van der Waals surface area contributed by atoms with E-state index in [0.29, 0.717) is 37.1 Å². The Morgan fingerprint density at radius 2 is 2.24 bits per heavy atom. The summed E-state index contributed by atoms with van der Waals surface area (Å²) >= 11 is 0. The largest absolute Gasteiger partial charge is 0.507 e. The Bertz CT molecular complexity index is 884. The van der Waals surface area contributed by atoms with Crippen molar-refractivity contribution >= 4 is 18.9 Å². The van der Waals surface area contributed by atoms with E-state index in [-0.39, 0.29) is 29.9 Å². The first-order chi connectivity index (χ1) is 14.2. The van der Waals surface area contributed by atoms with Gasteiger partial charge in [-0.3, -0.25) is 14.6 Å². The summed E-state index contributed by atoms with van der Waals surface area (Å²) in [6.07, 6.45) is 5.43. The van der Waals surface area contributed by atoms with E-state index in [1.165, 1.54) is 6.07 Å². The summed E-state index contributed by atoms with van der Waals surface area (Å²) in [5.41, 5.74) is 1.49. The molecule has 2 aromatic rings. The molecule has 1 fully saturated rings. The second kappa shape index (κ2) is 9.82. The van der Waals surface area contributed by atoms with E-state index in [4.69, 9.17) is 4.74 Å². The van der Waals surface area contributed by atoms with Gasteiger partial charge in [0.05, 0.1) is 22.9 Å². The summed E-state index contributed by atoms with van der Waals surface area (Å²) in [5, 5.41) is 9.80. The number of benzene rings is 1. The quantitative estimate of drug-likeness (QED) is 0.400. The molecule has 2 heterocycles. The Hall–Kier alpha value is -3.22. The number of phenols is 1. The number of aromatic nitrogens is 1. The molecule has 1 aliphatic heterocycles. The molecule has 1 N–H and O–H groups in total. The van der Waals surface area contributed by atoms with Crippen LogP contribution in [0.1, 0.15) is 45.7 Å². The molecule has 29 heavy (non-hydrogen) atoms. The molecule has 1 aliphatic rings. The Morgan fingerprint density at radius 1 is 1.38 bits per heavy atom. The highest BCUT2D eigenvalue weighted by atomic mass is 16.5. The van der Waals surface area contributed by atoms with Gasteiger partial charge in [-0.05, 0) is 56.7 Å². The van der Waals surface area contributed by atoms with Crippen LogP contribution in [0.25, 0.3) is 0 Å². The maximum atomic E-state index is 13.2. The van der Waals surface area contributed by atoms with E-state index >= 15 is 0 Å². The van der Waals surface area contributed by atoms with Crippen molar-refractivity contribution < 1.29 is 19.4 Å². The molecule has 0 aliphatic carbocycles. The van der Waals surface area contributed by atoms with Gasteiger partial charge in [0.2, 0.25) is 0 Å². The first kappa shape index (κ1) is 20.5. The van der Waals surface area contributed by atoms with Crippen molar-refractivity contribution in [2.24, 2.45) is 4.99 Å². The molecule has 0 unspecified atom stereocenters. The van der Waals surface area contributed by atoms with Gasteiger partial charge < -0.3 is 19.7 Å². The van der Waals surface area contributed by atoms with Crippen molar-refractivity contribution in [1.29, 1.82) is 0 Å². The van der Waals surface area contributed by atoms with E-state index < -0.39 is 0 Å². The van der Waals surface area contributed by atoms with Crippen molar-refractivity contribution in [1.82, 2.24) is 9.88 Å². The van der Waals surface area contributed by atoms with Crippen molar-refractivity contribution in [2.45, 2.75) is 31.7 Å². The standard InChI is InChI=1S/C22H25N3O4/c1-23-11-4-8-19-17(7-3-12-24-19)22(28)25-13-5-6-16(25)15-29-21-10-2-9-20(27)18(21)14-26/h2-3,7,9-10,12,14,16,27H,1,4-6,8,11,13,15H2/t16-/m0/s1. The van der Waals surface area contributed by atoms with Crippen molar-refractivity contribution in [3.05, 3.63) is 53.3 Å². The van der Waals surface area contributed by atoms with Crippen LogP contribution in [0.4, 0.5) is 0 Å². The molecule has 1 aromatic heterocycles. The molecule has 1 atom stereocenters. The lowest BCUT2D eigenvalue weighted by molar-refractivity contribution is 0.0688. The Morgan fingerprint density at radius 3 is 3.03 bits per heavy atom. The monoisotopic (exact) mass is 395 g/mol. The van der Waals surface area contributed by atoms with Crippen LogP contribution in [-0.2, 0) is 6.42 Å². The third-order valence-electron chi connectivity index (χ3n) is 5.08. The Labute approximate surface area is 170 Å². The van der Waals surface area contributed by atoms with Crippen molar-refractivity contribution in [3.63, 3.8) is 0 Å². The van der Waals surface area contributed by atoms with Gasteiger partial charge in [0.1, 0.15) is 18.1 Å². The third-order valence-corrected chi connectivity index (χ3v) is 5.08. The predicted octanol–water partition coefficient (Wildman–Crippen LogP) is 2.92. The molecule has 1 aromatic carbocycles. The number of ether oxygens (including phenoxy) is 1. The van der Waals surface area contributed by atoms with Crippen LogP contribution in [0, 0.1) is 0 Å². The van der Waals surface area contributed by atoms with Gasteiger partial charge in [0.25, 0.3) is 5.91 Å². The van der Waals surface area contributed by atoms with Gasteiger partial charge in [-0.25, -0.2) is 0 Å². The number of rotatable bonds is 9. The number of aromatic hydroxyl groups is 1. The zero-order valence-corrected chi connectivity index (χ0v) is 16.3. The maximum Gasteiger partial charge on any atom is 0.256 e. The number of nitrogens with zero attached hydrogens (tertiary/aromatic N) is 3. The van der Waals surface area contributed by atoms with E-state index in [2.05, 4.69) is 16.7 Å². The molecule has 0 saturated carbocycles. The minimum absolute atomic E-state index is 0.0581. The lowest BCUT2D eigenvalue weighted by Crippen LogP contribution is -2.39. The van der Waals surface area contributed by atoms with Crippen LogP contribution in [0.5, 0.6) is 11.5 Å². The summed E-state index contributed by atoms with van der Waals surface area (Å²) in [5.74, 6) is 0.140. The molecule has 1 saturated heterocycles. The number of aldehydes is 1. The molecule has 0 spiro atoms. The van der Waals surface area contributed by atoms with Crippen LogP contribution in [0.3, 0.4) is 0 Å². The molecule has 3 rings (SSSR count). The number of pyridine rings is 1. The second-order valence-electron chi connectivity index (χ2n) is 6.96. The highest BCUT2D eigenvalue weighted by Crippen LogP contribution is 2.27. The number of aryl methyl sites for hydroxylation is 1. The molecule has 7 nitrogen and oxygen atoms in total. The van der Waals surface area contributed by atoms with Gasteiger partial charge >= 0.3 is 0 Å². The van der Waals surface area contributed by atoms with E-state index in [1.807, 2.05) is 11.0 Å². The van der Waals surface area contributed by atoms with Crippen LogP contribution in [-0.4, -0.2) is 59.6 Å². The number of carbonyl (C=O) groups excluding carboxylic acids is 2. The van der Waals surface area contributed by atoms with Gasteiger partial charge in [-0.15, -0.1) is 0 Å². The van der Waals surface area contributed by atoms with Crippen LogP contribution >= 0.6 is 0 Å². The fraction of sp³-hybridized carbons (Fsp3) is 0.364. The summed E-state index contributed by atoms with van der Waals surface area (Å²) in [6.45, 7) is 5.03. The number of carbonyl (C=O) groups is 2. The third kappa shape index (κ3) is 4.80. The van der Waals surface area contributed by atoms with Gasteiger partial charge in [-0.2, -0.15) is 0 Å². The molecule has 7 heteroatoms. The minimum atomic E-state index is -0.120. The zero-order chi connectivity index (χ0) is 20.6. The highest BCUT2D eigenvalue weighted by molar-refractivity contribution is 5.95. The predicted molar refractivity (Wildman–Crippen MR) is 110 cm³/mol. The van der Waals surface area contributed by atoms with E-state index in [1.54, 1.807) is 24.4 Å². The average Bonchev–Trinajstić information content (AvgIpc) is 3.21. The Kier molecular flexibility index (Phi) is 6.94. The smallest absolute Gasteiger partial charge is 0.256 e. The van der Waals surface area contributed by atoms with Crippen molar-refractivity contribution in [3.8, 4) is 11.5 Å². The lowest BCUT2D eigenvalue weighted by Gasteiger charge is -2.26. The zero-order valence-electron chi connectivity index (χ0n) is 16.3. The Balaban J connectivity index is 1.71. The molecule has 0 bridgehead atoms. The fourth-order valence-corrected chi connectivity index (χ4v) is 3.58. The topological polar surface area (TPSA) is 92.1 Å². The van der Waals surface area contributed by atoms with Gasteiger partial charge in [0.15, 0.2) is 6.29 Å². The van der Waals surface area contributed by atoms with Gasteiger partial charge in [0, 0.05) is 19.3 Å². The summed E-state index contributed by atoms with van der Waals surface area (Å²) in [4.78, 5) is 34.5. The van der Waals surface area contributed by atoms with Crippen LogP contribution < -0.4 is 4.74 Å². The number of hydrogen-bond donors (Lipinski definition) is 1. The van der Waals surface area contributed by atoms with Crippen LogP contribution in [0.15, 0.2) is 41.5 Å². The molecule has 152 valence electrons. The van der Waals surface area contributed by atoms with Gasteiger partial charge in [-0.1, -0.05) is 6.07 Å². The lowest BCUT2D eigenvalue weighted by atomic mass is 10.1. The maximum absolute atomic E-state index is 13.2. The molecular formula is C22H25N3O4. The van der Waals surface area contributed by atoms with E-state index in [0.717, 1.165) is 25.0 Å². The van der Waals surface area contributed by atoms with E-state index in [9.17, 15) is 14.7 Å². The normalized spacial score (nSPS) is 15.9.